The molecule has 0 aliphatic carbocycles. The molecule has 96 valence electrons. The second kappa shape index (κ2) is 4.17. The molecule has 2 saturated heterocycles. The molecule has 18 heavy (non-hydrogen) atoms. The van der Waals surface area contributed by atoms with Crippen molar-refractivity contribution in [2.45, 2.75) is 25.0 Å². The number of carboxylic acid groups (broad SMARTS) is 1. The molecule has 2 aliphatic heterocycles. The van der Waals surface area contributed by atoms with Crippen LogP contribution in [0.2, 0.25) is 0 Å². The van der Waals surface area contributed by atoms with E-state index >= 15 is 0 Å². The fourth-order valence-corrected chi connectivity index (χ4v) is 2.81. The number of hydrogen-bond donors (Lipinski definition) is 2. The van der Waals surface area contributed by atoms with Crippen molar-refractivity contribution in [2.75, 3.05) is 23.7 Å². The van der Waals surface area contributed by atoms with Gasteiger partial charge in [-0.1, -0.05) is 0 Å². The first-order valence-corrected chi connectivity index (χ1v) is 6.16. The highest BCUT2D eigenvalue weighted by Crippen LogP contribution is 2.32. The summed E-state index contributed by atoms with van der Waals surface area (Å²) in [4.78, 5) is 13.4. The number of morpholine rings is 1. The van der Waals surface area contributed by atoms with Crippen LogP contribution < -0.4 is 10.6 Å². The zero-order valence-corrected chi connectivity index (χ0v) is 10.0. The maximum atomic E-state index is 11.3. The zero-order valence-electron chi connectivity index (χ0n) is 10.0. The van der Waals surface area contributed by atoms with E-state index in [0.717, 1.165) is 31.6 Å². The Kier molecular flexibility index (Phi) is 2.63. The molecular weight excluding hydrogens is 232 g/mol. The van der Waals surface area contributed by atoms with E-state index < -0.39 is 5.97 Å². The van der Waals surface area contributed by atoms with Gasteiger partial charge in [0.15, 0.2) is 0 Å². The van der Waals surface area contributed by atoms with E-state index in [1.54, 1.807) is 12.1 Å². The van der Waals surface area contributed by atoms with Gasteiger partial charge in [-0.3, -0.25) is 0 Å². The molecule has 0 spiro atoms. The van der Waals surface area contributed by atoms with Gasteiger partial charge in [0.25, 0.3) is 0 Å². The first kappa shape index (κ1) is 11.3. The molecule has 1 aromatic rings. The van der Waals surface area contributed by atoms with Crippen molar-refractivity contribution < 1.29 is 14.6 Å². The van der Waals surface area contributed by atoms with Gasteiger partial charge in [0, 0.05) is 18.8 Å². The Morgan fingerprint density at radius 2 is 2.00 bits per heavy atom. The largest absolute Gasteiger partial charge is 0.478 e. The van der Waals surface area contributed by atoms with Crippen molar-refractivity contribution >= 4 is 17.3 Å². The summed E-state index contributed by atoms with van der Waals surface area (Å²) in [6.45, 7) is 1.53. The summed E-state index contributed by atoms with van der Waals surface area (Å²) in [5, 5.41) is 9.25. The fraction of sp³-hybridized carbons (Fsp3) is 0.462. The molecule has 2 fully saturated rings. The summed E-state index contributed by atoms with van der Waals surface area (Å²) in [6.07, 6.45) is 2.61. The molecule has 2 aliphatic rings. The number of hydrogen-bond acceptors (Lipinski definition) is 4. The van der Waals surface area contributed by atoms with Crippen LogP contribution in [0, 0.1) is 0 Å². The smallest absolute Gasteiger partial charge is 0.337 e. The molecular formula is C13H16N2O3. The number of nitrogens with two attached hydrogens (primary N) is 1. The average Bonchev–Trinajstić information content (AvgIpc) is 2.68. The Labute approximate surface area is 105 Å². The Bertz CT molecular complexity index is 477. The van der Waals surface area contributed by atoms with E-state index in [2.05, 4.69) is 4.90 Å². The van der Waals surface area contributed by atoms with Crippen molar-refractivity contribution in [3.63, 3.8) is 0 Å². The van der Waals surface area contributed by atoms with Crippen molar-refractivity contribution in [1.82, 2.24) is 0 Å². The number of fused-ring (bicyclic) bond motifs is 2. The molecule has 1 aromatic carbocycles. The number of nitrogens with zero attached hydrogens (tertiary/aromatic N) is 1. The van der Waals surface area contributed by atoms with Crippen LogP contribution in [0.4, 0.5) is 11.4 Å². The van der Waals surface area contributed by atoms with Crippen molar-refractivity contribution in [3.05, 3.63) is 23.8 Å². The number of benzene rings is 1. The maximum Gasteiger partial charge on any atom is 0.337 e. The van der Waals surface area contributed by atoms with Crippen molar-refractivity contribution in [1.29, 1.82) is 0 Å². The summed E-state index contributed by atoms with van der Waals surface area (Å²) in [6, 6.07) is 5.07. The lowest BCUT2D eigenvalue weighted by Crippen LogP contribution is -2.43. The van der Waals surface area contributed by atoms with Crippen LogP contribution in [-0.2, 0) is 4.74 Å². The van der Waals surface area contributed by atoms with Gasteiger partial charge < -0.3 is 20.5 Å². The summed E-state index contributed by atoms with van der Waals surface area (Å²) < 4.78 is 5.76. The molecule has 5 nitrogen and oxygen atoms in total. The molecule has 2 unspecified atom stereocenters. The lowest BCUT2D eigenvalue weighted by atomic mass is 10.1. The minimum Gasteiger partial charge on any atom is -0.478 e. The topological polar surface area (TPSA) is 75.8 Å². The Morgan fingerprint density at radius 1 is 1.33 bits per heavy atom. The molecule has 5 heteroatoms. The molecule has 3 rings (SSSR count). The summed E-state index contributed by atoms with van der Waals surface area (Å²) >= 11 is 0. The normalized spacial score (nSPS) is 26.3. The zero-order chi connectivity index (χ0) is 12.7. The highest BCUT2D eigenvalue weighted by molar-refractivity contribution is 5.95. The number of ether oxygens (including phenoxy) is 1. The molecule has 2 heterocycles. The SMILES string of the molecule is Nc1ccc(N2CC3CCC(C2)O3)c(C(=O)O)c1. The van der Waals surface area contributed by atoms with Crippen LogP contribution in [0.25, 0.3) is 0 Å². The van der Waals surface area contributed by atoms with Crippen molar-refractivity contribution in [3.8, 4) is 0 Å². The number of carbonyl (C=O) groups is 1. The first-order chi connectivity index (χ1) is 8.63. The molecule has 2 bridgehead atoms. The first-order valence-electron chi connectivity index (χ1n) is 6.16. The fourth-order valence-electron chi connectivity index (χ4n) is 2.81. The maximum absolute atomic E-state index is 11.3. The molecule has 0 radical (unpaired) electrons. The number of anilines is 2. The number of carboxylic acids is 1. The lowest BCUT2D eigenvalue weighted by Gasteiger charge is -2.34. The Morgan fingerprint density at radius 3 is 2.61 bits per heavy atom. The van der Waals surface area contributed by atoms with Crippen LogP contribution in [0.3, 0.4) is 0 Å². The monoisotopic (exact) mass is 248 g/mol. The van der Waals surface area contributed by atoms with Crippen LogP contribution in [0.1, 0.15) is 23.2 Å². The second-order valence-corrected chi connectivity index (χ2v) is 4.94. The van der Waals surface area contributed by atoms with Crippen LogP contribution in [0.5, 0.6) is 0 Å². The van der Waals surface area contributed by atoms with Gasteiger partial charge in [-0.05, 0) is 31.0 Å². The predicted octanol–water partition coefficient (Wildman–Crippen LogP) is 1.33. The van der Waals surface area contributed by atoms with Crippen LogP contribution in [-0.4, -0.2) is 36.4 Å². The standard InChI is InChI=1S/C13H16N2O3/c14-8-1-4-12(11(5-8)13(16)17)15-6-9-2-3-10(7-15)18-9/h1,4-5,9-10H,2-3,6-7,14H2,(H,16,17). The van der Waals surface area contributed by atoms with E-state index in [0.29, 0.717) is 5.69 Å². The van der Waals surface area contributed by atoms with Gasteiger partial charge in [0.1, 0.15) is 0 Å². The second-order valence-electron chi connectivity index (χ2n) is 4.94. The van der Waals surface area contributed by atoms with E-state index in [1.807, 2.05) is 0 Å². The van der Waals surface area contributed by atoms with Gasteiger partial charge in [-0.15, -0.1) is 0 Å². The third-order valence-electron chi connectivity index (χ3n) is 3.64. The highest BCUT2D eigenvalue weighted by Gasteiger charge is 2.34. The number of aromatic carboxylic acids is 1. The third-order valence-corrected chi connectivity index (χ3v) is 3.64. The van der Waals surface area contributed by atoms with Gasteiger partial charge in [0.2, 0.25) is 0 Å². The molecule has 3 N–H and O–H groups in total. The van der Waals surface area contributed by atoms with Gasteiger partial charge in [-0.2, -0.15) is 0 Å². The minimum absolute atomic E-state index is 0.239. The highest BCUT2D eigenvalue weighted by atomic mass is 16.5. The van der Waals surface area contributed by atoms with Gasteiger partial charge in [0.05, 0.1) is 23.5 Å². The predicted molar refractivity (Wildman–Crippen MR) is 67.9 cm³/mol. The van der Waals surface area contributed by atoms with Crippen molar-refractivity contribution in [2.24, 2.45) is 0 Å². The number of rotatable bonds is 2. The molecule has 2 atom stereocenters. The summed E-state index contributed by atoms with van der Waals surface area (Å²) in [5.41, 5.74) is 7.16. The molecule has 0 aromatic heterocycles. The van der Waals surface area contributed by atoms with E-state index in [9.17, 15) is 9.90 Å². The average molecular weight is 248 g/mol. The van der Waals surface area contributed by atoms with Gasteiger partial charge in [-0.25, -0.2) is 4.79 Å². The van der Waals surface area contributed by atoms with Crippen LogP contribution >= 0.6 is 0 Å². The lowest BCUT2D eigenvalue weighted by molar-refractivity contribution is 0.0303. The Balaban J connectivity index is 1.94. The molecule has 0 amide bonds. The number of nitrogen functional groups attached to an aromatic ring is 1. The minimum atomic E-state index is -0.934. The summed E-state index contributed by atoms with van der Waals surface area (Å²) in [7, 11) is 0. The van der Waals surface area contributed by atoms with E-state index in [4.69, 9.17) is 10.5 Å². The molecule has 0 saturated carbocycles. The Hall–Kier alpha value is -1.75. The van der Waals surface area contributed by atoms with E-state index in [-0.39, 0.29) is 17.8 Å². The van der Waals surface area contributed by atoms with Gasteiger partial charge >= 0.3 is 5.97 Å². The quantitative estimate of drug-likeness (QED) is 0.772. The van der Waals surface area contributed by atoms with Crippen LogP contribution in [0.15, 0.2) is 18.2 Å². The van der Waals surface area contributed by atoms with E-state index in [1.165, 1.54) is 6.07 Å². The summed E-state index contributed by atoms with van der Waals surface area (Å²) in [5.74, 6) is -0.934. The third kappa shape index (κ3) is 1.90.